The molecule has 0 aliphatic heterocycles. The van der Waals surface area contributed by atoms with E-state index >= 15 is 0 Å². The molecule has 17 heavy (non-hydrogen) atoms. The van der Waals surface area contributed by atoms with E-state index in [0.29, 0.717) is 12.0 Å². The molecule has 0 bridgehead atoms. The second kappa shape index (κ2) is 4.49. The lowest BCUT2D eigenvalue weighted by Gasteiger charge is -2.24. The summed E-state index contributed by atoms with van der Waals surface area (Å²) in [6, 6.07) is 6.39. The largest absolute Gasteiger partial charge is 0.351 e. The lowest BCUT2D eigenvalue weighted by atomic mass is 9.92. The highest BCUT2D eigenvalue weighted by Gasteiger charge is 2.19. The van der Waals surface area contributed by atoms with E-state index < -0.39 is 0 Å². The fourth-order valence-electron chi connectivity index (χ4n) is 2.24. The van der Waals surface area contributed by atoms with E-state index in [1.165, 1.54) is 11.3 Å². The van der Waals surface area contributed by atoms with Crippen LogP contribution in [0.4, 0.5) is 5.95 Å². The number of rotatable bonds is 2. The van der Waals surface area contributed by atoms with Gasteiger partial charge in [-0.05, 0) is 37.0 Å². The van der Waals surface area contributed by atoms with Crippen LogP contribution in [-0.2, 0) is 12.8 Å². The van der Waals surface area contributed by atoms with Crippen LogP contribution >= 0.6 is 0 Å². The first-order valence-corrected chi connectivity index (χ1v) is 5.88. The first kappa shape index (κ1) is 10.2. The number of hydrogen-bond donors (Lipinski definition) is 1. The Morgan fingerprint density at radius 3 is 2.76 bits per heavy atom. The molecule has 0 spiro atoms. The molecule has 0 saturated carbocycles. The Kier molecular flexibility index (Phi) is 2.69. The zero-order valence-electron chi connectivity index (χ0n) is 9.50. The lowest BCUT2D eigenvalue weighted by molar-refractivity contribution is 0.595. The van der Waals surface area contributed by atoms with Gasteiger partial charge < -0.3 is 5.32 Å². The molecule has 0 unspecified atom stereocenters. The summed E-state index contributed by atoms with van der Waals surface area (Å²) in [7, 11) is 0. The van der Waals surface area contributed by atoms with Crippen LogP contribution in [0.15, 0.2) is 36.8 Å². The van der Waals surface area contributed by atoms with Crippen LogP contribution in [0.3, 0.4) is 0 Å². The molecular formula is C13H14N4. The summed E-state index contributed by atoms with van der Waals surface area (Å²) in [5.41, 5.74) is 2.58. The molecule has 1 aliphatic carbocycles. The van der Waals surface area contributed by atoms with Gasteiger partial charge in [-0.3, -0.25) is 4.98 Å². The van der Waals surface area contributed by atoms with Crippen molar-refractivity contribution in [2.75, 3.05) is 5.32 Å². The molecule has 2 heterocycles. The monoisotopic (exact) mass is 226 g/mol. The van der Waals surface area contributed by atoms with Gasteiger partial charge in [-0.25, -0.2) is 9.97 Å². The predicted molar refractivity (Wildman–Crippen MR) is 65.7 cm³/mol. The van der Waals surface area contributed by atoms with Crippen molar-refractivity contribution in [1.82, 2.24) is 15.0 Å². The summed E-state index contributed by atoms with van der Waals surface area (Å²) < 4.78 is 0. The van der Waals surface area contributed by atoms with Crippen LogP contribution in [0.1, 0.15) is 17.7 Å². The molecule has 2 aromatic heterocycles. The third kappa shape index (κ3) is 2.25. The lowest BCUT2D eigenvalue weighted by Crippen LogP contribution is -2.28. The van der Waals surface area contributed by atoms with Crippen molar-refractivity contribution in [2.24, 2.45) is 0 Å². The van der Waals surface area contributed by atoms with Gasteiger partial charge >= 0.3 is 0 Å². The van der Waals surface area contributed by atoms with Crippen molar-refractivity contribution >= 4 is 5.95 Å². The molecule has 0 amide bonds. The van der Waals surface area contributed by atoms with Crippen molar-refractivity contribution < 1.29 is 0 Å². The van der Waals surface area contributed by atoms with Crippen molar-refractivity contribution in [1.29, 1.82) is 0 Å². The average molecular weight is 226 g/mol. The van der Waals surface area contributed by atoms with E-state index in [1.54, 1.807) is 12.4 Å². The summed E-state index contributed by atoms with van der Waals surface area (Å²) in [6.45, 7) is 0. The van der Waals surface area contributed by atoms with E-state index in [4.69, 9.17) is 0 Å². The molecule has 86 valence electrons. The van der Waals surface area contributed by atoms with Gasteiger partial charge in [-0.2, -0.15) is 0 Å². The van der Waals surface area contributed by atoms with Crippen molar-refractivity contribution in [3.05, 3.63) is 48.0 Å². The maximum atomic E-state index is 4.40. The minimum atomic E-state index is 0.411. The summed E-state index contributed by atoms with van der Waals surface area (Å²) in [5.74, 6) is 0.713. The molecular weight excluding hydrogens is 212 g/mol. The average Bonchev–Trinajstić information content (AvgIpc) is 2.40. The minimum absolute atomic E-state index is 0.411. The summed E-state index contributed by atoms with van der Waals surface area (Å²) >= 11 is 0. The van der Waals surface area contributed by atoms with Gasteiger partial charge in [0.25, 0.3) is 0 Å². The number of hydrogen-bond acceptors (Lipinski definition) is 4. The Balaban J connectivity index is 1.72. The van der Waals surface area contributed by atoms with Crippen molar-refractivity contribution in [3.8, 4) is 0 Å². The van der Waals surface area contributed by atoms with Gasteiger partial charge in [-0.15, -0.1) is 0 Å². The first-order chi connectivity index (χ1) is 8.42. The van der Waals surface area contributed by atoms with Crippen LogP contribution < -0.4 is 5.32 Å². The number of nitrogens with zero attached hydrogens (tertiary/aromatic N) is 3. The number of nitrogens with one attached hydrogen (secondary N) is 1. The molecule has 1 N–H and O–H groups in total. The molecule has 4 heteroatoms. The van der Waals surface area contributed by atoms with Crippen molar-refractivity contribution in [3.63, 3.8) is 0 Å². The second-order valence-corrected chi connectivity index (χ2v) is 4.27. The Bertz CT molecular complexity index is 498. The van der Waals surface area contributed by atoms with Gasteiger partial charge in [0.15, 0.2) is 0 Å². The fourth-order valence-corrected chi connectivity index (χ4v) is 2.24. The highest BCUT2D eigenvalue weighted by molar-refractivity contribution is 5.30. The number of pyridine rings is 1. The van der Waals surface area contributed by atoms with E-state index in [0.717, 1.165) is 19.3 Å². The van der Waals surface area contributed by atoms with E-state index in [2.05, 4.69) is 26.3 Å². The SMILES string of the molecule is c1cnc(N[C@H]2CCc3ncccc3C2)nc1. The molecule has 1 atom stereocenters. The maximum absolute atomic E-state index is 4.40. The fraction of sp³-hybridized carbons (Fsp3) is 0.308. The van der Waals surface area contributed by atoms with Crippen LogP contribution in [0.2, 0.25) is 0 Å². The highest BCUT2D eigenvalue weighted by Crippen LogP contribution is 2.20. The van der Waals surface area contributed by atoms with Gasteiger partial charge in [-0.1, -0.05) is 6.07 Å². The van der Waals surface area contributed by atoms with Gasteiger partial charge in [0.2, 0.25) is 5.95 Å². The quantitative estimate of drug-likeness (QED) is 0.849. The molecule has 0 fully saturated rings. The Morgan fingerprint density at radius 1 is 1.06 bits per heavy atom. The first-order valence-electron chi connectivity index (χ1n) is 5.88. The molecule has 3 rings (SSSR count). The zero-order valence-corrected chi connectivity index (χ0v) is 9.50. The molecule has 1 aliphatic rings. The number of aromatic nitrogens is 3. The minimum Gasteiger partial charge on any atom is -0.351 e. The summed E-state index contributed by atoms with van der Waals surface area (Å²) in [6.07, 6.45) is 8.50. The molecule has 4 nitrogen and oxygen atoms in total. The third-order valence-corrected chi connectivity index (χ3v) is 3.08. The Hall–Kier alpha value is -1.97. The number of anilines is 1. The van der Waals surface area contributed by atoms with E-state index in [1.807, 2.05) is 18.3 Å². The summed E-state index contributed by atoms with van der Waals surface area (Å²) in [4.78, 5) is 12.8. The van der Waals surface area contributed by atoms with Gasteiger partial charge in [0.05, 0.1) is 0 Å². The van der Waals surface area contributed by atoms with Crippen LogP contribution in [0, 0.1) is 0 Å². The van der Waals surface area contributed by atoms with Gasteiger partial charge in [0.1, 0.15) is 0 Å². The van der Waals surface area contributed by atoms with E-state index in [9.17, 15) is 0 Å². The van der Waals surface area contributed by atoms with E-state index in [-0.39, 0.29) is 0 Å². The Morgan fingerprint density at radius 2 is 1.88 bits per heavy atom. The van der Waals surface area contributed by atoms with Crippen LogP contribution in [-0.4, -0.2) is 21.0 Å². The highest BCUT2D eigenvalue weighted by atomic mass is 15.1. The maximum Gasteiger partial charge on any atom is 0.222 e. The predicted octanol–water partition coefficient (Wildman–Crippen LogP) is 1.84. The number of fused-ring (bicyclic) bond motifs is 1. The third-order valence-electron chi connectivity index (χ3n) is 3.08. The van der Waals surface area contributed by atoms with Crippen LogP contribution in [0.5, 0.6) is 0 Å². The topological polar surface area (TPSA) is 50.7 Å². The molecule has 0 radical (unpaired) electrons. The molecule has 0 saturated heterocycles. The van der Waals surface area contributed by atoms with Crippen molar-refractivity contribution in [2.45, 2.75) is 25.3 Å². The van der Waals surface area contributed by atoms with Crippen LogP contribution in [0.25, 0.3) is 0 Å². The smallest absolute Gasteiger partial charge is 0.222 e. The standard InChI is InChI=1S/C13H14N4/c1-3-10-9-11(4-5-12(10)14-6-1)17-13-15-7-2-8-16-13/h1-3,6-8,11H,4-5,9H2,(H,15,16,17)/t11-/m0/s1. The second-order valence-electron chi connectivity index (χ2n) is 4.27. The molecule has 2 aromatic rings. The normalized spacial score (nSPS) is 18.5. The zero-order chi connectivity index (χ0) is 11.5. The summed E-state index contributed by atoms with van der Waals surface area (Å²) in [5, 5.41) is 3.37. The molecule has 0 aromatic carbocycles. The Labute approximate surface area is 100 Å². The number of aryl methyl sites for hydroxylation is 1. The van der Waals surface area contributed by atoms with Gasteiger partial charge in [0, 0.05) is 30.3 Å².